The number of nitrogens with zero attached hydrogens (tertiary/aromatic N) is 1. The largest absolute Gasteiger partial charge is 0.490 e. The number of aliphatic hydroxyl groups is 1. The maximum absolute atomic E-state index is 12.9. The van der Waals surface area contributed by atoms with Gasteiger partial charge in [-0.2, -0.15) is 0 Å². The molecule has 0 saturated heterocycles. The van der Waals surface area contributed by atoms with Gasteiger partial charge in [-0.15, -0.1) is 0 Å². The summed E-state index contributed by atoms with van der Waals surface area (Å²) in [5.74, 6) is 1.25. The summed E-state index contributed by atoms with van der Waals surface area (Å²) in [6.45, 7) is 8.10. The van der Waals surface area contributed by atoms with Crippen LogP contribution in [0.4, 0.5) is 5.69 Å². The lowest BCUT2D eigenvalue weighted by molar-refractivity contribution is 0.00695. The molecule has 0 amide bonds. The SMILES string of the molecule is CC(C)(C)OC(=O)c1ccc2c(c1)N(CC1CCC1CO)CC1(CCCc3cc(Cl)ccc31)CO2. The second kappa shape index (κ2) is 9.33. The molecule has 0 radical (unpaired) electrons. The fourth-order valence-electron chi connectivity index (χ4n) is 5.98. The topological polar surface area (TPSA) is 59.0 Å². The highest BCUT2D eigenvalue weighted by atomic mass is 35.5. The molecule has 2 aromatic rings. The molecule has 5 rings (SSSR count). The molecule has 188 valence electrons. The molecular weight excluding hydrogens is 462 g/mol. The molecule has 35 heavy (non-hydrogen) atoms. The lowest BCUT2D eigenvalue weighted by Crippen LogP contribution is -2.48. The maximum Gasteiger partial charge on any atom is 0.338 e. The molecular formula is C29H36ClNO4. The molecule has 1 N–H and O–H groups in total. The van der Waals surface area contributed by atoms with Crippen molar-refractivity contribution in [2.24, 2.45) is 11.8 Å². The average Bonchev–Trinajstić information content (AvgIpc) is 2.93. The Balaban J connectivity index is 1.53. The number of aliphatic hydroxyl groups excluding tert-OH is 1. The summed E-state index contributed by atoms with van der Waals surface area (Å²) in [7, 11) is 0. The van der Waals surface area contributed by atoms with Crippen LogP contribution in [-0.4, -0.2) is 43.0 Å². The first-order valence-corrected chi connectivity index (χ1v) is 13.2. The summed E-state index contributed by atoms with van der Waals surface area (Å²) in [5, 5.41) is 10.6. The van der Waals surface area contributed by atoms with Gasteiger partial charge in [0.25, 0.3) is 0 Å². The van der Waals surface area contributed by atoms with E-state index in [1.54, 1.807) is 6.07 Å². The Hall–Kier alpha value is -2.24. The molecule has 0 aromatic heterocycles. The van der Waals surface area contributed by atoms with Gasteiger partial charge in [0, 0.05) is 30.1 Å². The van der Waals surface area contributed by atoms with Crippen LogP contribution in [0.3, 0.4) is 0 Å². The van der Waals surface area contributed by atoms with Crippen LogP contribution in [0.5, 0.6) is 5.75 Å². The molecule has 1 fully saturated rings. The van der Waals surface area contributed by atoms with Gasteiger partial charge >= 0.3 is 5.97 Å². The van der Waals surface area contributed by atoms with Crippen LogP contribution in [0.15, 0.2) is 36.4 Å². The zero-order chi connectivity index (χ0) is 24.8. The van der Waals surface area contributed by atoms with E-state index in [-0.39, 0.29) is 18.0 Å². The van der Waals surface area contributed by atoms with Gasteiger partial charge in [0.05, 0.1) is 17.9 Å². The number of carbonyl (C=O) groups is 1. The molecule has 1 heterocycles. The fraction of sp³-hybridized carbons (Fsp3) is 0.552. The van der Waals surface area contributed by atoms with E-state index in [1.165, 1.54) is 11.1 Å². The van der Waals surface area contributed by atoms with Gasteiger partial charge in [-0.05, 0) is 106 Å². The third kappa shape index (κ3) is 4.90. The van der Waals surface area contributed by atoms with Gasteiger partial charge in [-0.3, -0.25) is 0 Å². The Morgan fingerprint density at radius 1 is 1.20 bits per heavy atom. The van der Waals surface area contributed by atoms with Gasteiger partial charge in [0.2, 0.25) is 0 Å². The van der Waals surface area contributed by atoms with Crippen LogP contribution in [0.2, 0.25) is 5.02 Å². The third-order valence-electron chi connectivity index (χ3n) is 7.94. The highest BCUT2D eigenvalue weighted by Gasteiger charge is 2.43. The number of ether oxygens (including phenoxy) is 2. The number of aryl methyl sites for hydroxylation is 1. The summed E-state index contributed by atoms with van der Waals surface area (Å²) in [5.41, 5.74) is 3.40. The van der Waals surface area contributed by atoms with Gasteiger partial charge in [-0.25, -0.2) is 4.79 Å². The van der Waals surface area contributed by atoms with E-state index in [4.69, 9.17) is 21.1 Å². The predicted molar refractivity (Wildman–Crippen MR) is 139 cm³/mol. The minimum absolute atomic E-state index is 0.151. The molecule has 6 heteroatoms. The van der Waals surface area contributed by atoms with Crippen LogP contribution in [0, 0.1) is 11.8 Å². The van der Waals surface area contributed by atoms with Crippen molar-refractivity contribution in [2.45, 2.75) is 63.9 Å². The molecule has 3 atom stereocenters. The van der Waals surface area contributed by atoms with E-state index >= 15 is 0 Å². The molecule has 1 aliphatic heterocycles. The summed E-state index contributed by atoms with van der Waals surface area (Å²) in [6, 6.07) is 11.9. The van der Waals surface area contributed by atoms with Gasteiger partial charge in [0.1, 0.15) is 11.4 Å². The highest BCUT2D eigenvalue weighted by Crippen LogP contribution is 2.46. The normalized spacial score (nSPS) is 25.7. The number of rotatable bonds is 4. The summed E-state index contributed by atoms with van der Waals surface area (Å²) in [4.78, 5) is 15.3. The minimum atomic E-state index is -0.558. The van der Waals surface area contributed by atoms with Crippen molar-refractivity contribution < 1.29 is 19.4 Å². The number of esters is 1. The first kappa shape index (κ1) is 24.5. The van der Waals surface area contributed by atoms with Crippen LogP contribution in [0.1, 0.15) is 67.9 Å². The Bertz CT molecular complexity index is 1110. The number of anilines is 1. The van der Waals surface area contributed by atoms with E-state index in [9.17, 15) is 9.90 Å². The number of fused-ring (bicyclic) bond motifs is 3. The van der Waals surface area contributed by atoms with E-state index in [1.807, 2.05) is 39.0 Å². The molecule has 0 bridgehead atoms. The first-order chi connectivity index (χ1) is 16.7. The molecule has 5 nitrogen and oxygen atoms in total. The lowest BCUT2D eigenvalue weighted by Gasteiger charge is -2.44. The predicted octanol–water partition coefficient (Wildman–Crippen LogP) is 5.79. The van der Waals surface area contributed by atoms with Crippen molar-refractivity contribution in [3.63, 3.8) is 0 Å². The van der Waals surface area contributed by atoms with Crippen LogP contribution in [-0.2, 0) is 16.6 Å². The van der Waals surface area contributed by atoms with E-state index in [0.29, 0.717) is 24.0 Å². The van der Waals surface area contributed by atoms with Crippen molar-refractivity contribution >= 4 is 23.3 Å². The number of carbonyl (C=O) groups excluding carboxylic acids is 1. The zero-order valence-corrected chi connectivity index (χ0v) is 21.7. The van der Waals surface area contributed by atoms with Crippen molar-refractivity contribution in [3.05, 3.63) is 58.1 Å². The second-order valence-corrected chi connectivity index (χ2v) is 12.0. The number of hydrogen-bond donors (Lipinski definition) is 1. The Labute approximate surface area is 213 Å². The average molecular weight is 498 g/mol. The Morgan fingerprint density at radius 3 is 2.71 bits per heavy atom. The van der Waals surface area contributed by atoms with E-state index in [2.05, 4.69) is 17.0 Å². The zero-order valence-electron chi connectivity index (χ0n) is 21.0. The van der Waals surface area contributed by atoms with E-state index < -0.39 is 5.60 Å². The smallest absolute Gasteiger partial charge is 0.338 e. The summed E-state index contributed by atoms with van der Waals surface area (Å²) < 4.78 is 12.2. The third-order valence-corrected chi connectivity index (χ3v) is 8.17. The van der Waals surface area contributed by atoms with Crippen molar-refractivity contribution in [1.82, 2.24) is 0 Å². The number of halogens is 1. The Morgan fingerprint density at radius 2 is 2.00 bits per heavy atom. The first-order valence-electron chi connectivity index (χ1n) is 12.8. The van der Waals surface area contributed by atoms with Gasteiger partial charge in [-0.1, -0.05) is 17.7 Å². The van der Waals surface area contributed by atoms with Gasteiger partial charge < -0.3 is 19.5 Å². The molecule has 3 aliphatic rings. The van der Waals surface area contributed by atoms with E-state index in [0.717, 1.165) is 61.7 Å². The maximum atomic E-state index is 12.9. The quantitative estimate of drug-likeness (QED) is 0.542. The van der Waals surface area contributed by atoms with Crippen LogP contribution in [0.25, 0.3) is 0 Å². The lowest BCUT2D eigenvalue weighted by atomic mass is 9.69. The standard InChI is InChI=1S/C29H36ClNO4/c1-28(2,3)35-27(33)20-8-11-26-25(14-20)31(15-21-6-7-22(21)16-32)17-29(18-34-26)12-4-5-19-13-23(30)9-10-24(19)29/h8-11,13-14,21-22,32H,4-7,12,15-18H2,1-3H3. The molecule has 3 unspecified atom stereocenters. The minimum Gasteiger partial charge on any atom is -0.490 e. The molecule has 1 spiro atoms. The fourth-order valence-corrected chi connectivity index (χ4v) is 6.17. The van der Waals surface area contributed by atoms with Crippen LogP contribution >= 0.6 is 11.6 Å². The summed E-state index contributed by atoms with van der Waals surface area (Å²) >= 11 is 6.35. The second-order valence-electron chi connectivity index (χ2n) is 11.6. The summed E-state index contributed by atoms with van der Waals surface area (Å²) in [6.07, 6.45) is 5.35. The molecule has 2 aliphatic carbocycles. The monoisotopic (exact) mass is 497 g/mol. The van der Waals surface area contributed by atoms with Crippen molar-refractivity contribution in [3.8, 4) is 5.75 Å². The van der Waals surface area contributed by atoms with Gasteiger partial charge in [0.15, 0.2) is 0 Å². The Kier molecular flexibility index (Phi) is 6.52. The highest BCUT2D eigenvalue weighted by molar-refractivity contribution is 6.30. The number of hydrogen-bond acceptors (Lipinski definition) is 5. The van der Waals surface area contributed by atoms with Crippen molar-refractivity contribution in [2.75, 3.05) is 31.2 Å². The van der Waals surface area contributed by atoms with Crippen LogP contribution < -0.4 is 9.64 Å². The molecule has 1 saturated carbocycles. The molecule has 2 aromatic carbocycles. The number of benzene rings is 2. The van der Waals surface area contributed by atoms with Crippen molar-refractivity contribution in [1.29, 1.82) is 0 Å².